The third kappa shape index (κ3) is 4.04. The van der Waals surface area contributed by atoms with Crippen LogP contribution >= 0.6 is 0 Å². The van der Waals surface area contributed by atoms with Gasteiger partial charge in [-0.2, -0.15) is 0 Å². The third-order valence-electron chi connectivity index (χ3n) is 3.78. The first-order valence-corrected chi connectivity index (χ1v) is 7.76. The Hall–Kier alpha value is -3.13. The molecule has 0 spiro atoms. The Morgan fingerprint density at radius 1 is 1.24 bits per heavy atom. The summed E-state index contributed by atoms with van der Waals surface area (Å²) in [6.07, 6.45) is 0. The summed E-state index contributed by atoms with van der Waals surface area (Å²) >= 11 is 0. The van der Waals surface area contributed by atoms with Crippen LogP contribution in [-0.4, -0.2) is 31.2 Å². The highest BCUT2D eigenvalue weighted by Gasteiger charge is 2.18. The van der Waals surface area contributed by atoms with Crippen molar-refractivity contribution in [3.8, 4) is 11.5 Å². The molecule has 8 nitrogen and oxygen atoms in total. The van der Waals surface area contributed by atoms with Gasteiger partial charge in [0.1, 0.15) is 12.2 Å². The van der Waals surface area contributed by atoms with Crippen LogP contribution in [0.25, 0.3) is 0 Å². The third-order valence-corrected chi connectivity index (χ3v) is 3.78. The van der Waals surface area contributed by atoms with E-state index < -0.39 is 4.92 Å². The number of nitrogens with zero attached hydrogens (tertiary/aromatic N) is 1. The zero-order valence-corrected chi connectivity index (χ0v) is 13.7. The molecular weight excluding hydrogens is 326 g/mol. The van der Waals surface area contributed by atoms with Crippen LogP contribution in [0.1, 0.15) is 5.56 Å². The van der Waals surface area contributed by atoms with Gasteiger partial charge in [0.15, 0.2) is 18.0 Å². The zero-order valence-electron chi connectivity index (χ0n) is 13.7. The minimum Gasteiger partial charge on any atom is -0.454 e. The largest absolute Gasteiger partial charge is 0.454 e. The molecule has 8 heteroatoms. The van der Waals surface area contributed by atoms with Crippen molar-refractivity contribution in [2.75, 3.05) is 25.7 Å². The van der Waals surface area contributed by atoms with Gasteiger partial charge in [-0.15, -0.1) is 0 Å². The van der Waals surface area contributed by atoms with Crippen LogP contribution in [0.15, 0.2) is 42.5 Å². The Morgan fingerprint density at radius 2 is 2.00 bits per heavy atom. The van der Waals surface area contributed by atoms with E-state index in [1.54, 1.807) is 12.1 Å². The van der Waals surface area contributed by atoms with Crippen molar-refractivity contribution in [1.82, 2.24) is 0 Å². The summed E-state index contributed by atoms with van der Waals surface area (Å²) in [6, 6.07) is 11.7. The van der Waals surface area contributed by atoms with Gasteiger partial charge in [0.05, 0.1) is 12.0 Å². The fourth-order valence-electron chi connectivity index (χ4n) is 2.67. The van der Waals surface area contributed by atoms with Crippen LogP contribution < -0.4 is 19.7 Å². The summed E-state index contributed by atoms with van der Waals surface area (Å²) in [5.41, 5.74) is 1.10. The number of quaternary nitrogens is 1. The molecule has 1 atom stereocenters. The summed E-state index contributed by atoms with van der Waals surface area (Å²) < 4.78 is 10.6. The van der Waals surface area contributed by atoms with Crippen LogP contribution in [-0.2, 0) is 11.3 Å². The molecule has 1 aliphatic heterocycles. The van der Waals surface area contributed by atoms with E-state index in [1.165, 1.54) is 12.1 Å². The molecule has 3 rings (SSSR count). The molecule has 130 valence electrons. The fourth-order valence-corrected chi connectivity index (χ4v) is 2.67. The molecule has 0 saturated carbocycles. The Balaban J connectivity index is 1.59. The summed E-state index contributed by atoms with van der Waals surface area (Å²) in [7, 11) is 1.88. The minimum atomic E-state index is -0.515. The number of nitro groups is 1. The molecule has 1 unspecified atom stereocenters. The summed E-state index contributed by atoms with van der Waals surface area (Å²) in [4.78, 5) is 23.6. The molecule has 25 heavy (non-hydrogen) atoms. The Kier molecular flexibility index (Phi) is 4.80. The van der Waals surface area contributed by atoms with Crippen LogP contribution in [0.5, 0.6) is 11.5 Å². The fraction of sp³-hybridized carbons (Fsp3) is 0.235. The minimum absolute atomic E-state index is 0.121. The number of rotatable bonds is 6. The van der Waals surface area contributed by atoms with E-state index in [2.05, 4.69) is 5.32 Å². The highest BCUT2D eigenvalue weighted by molar-refractivity contribution is 5.93. The van der Waals surface area contributed by atoms with E-state index in [9.17, 15) is 14.9 Å². The number of nitro benzene ring substituents is 1. The monoisotopic (exact) mass is 344 g/mol. The average Bonchev–Trinajstić information content (AvgIpc) is 3.02. The van der Waals surface area contributed by atoms with Gasteiger partial charge in [-0.05, 0) is 24.3 Å². The number of hydrogen-bond acceptors (Lipinski definition) is 5. The number of carbonyl (C=O) groups is 1. The van der Waals surface area contributed by atoms with Crippen molar-refractivity contribution < 1.29 is 24.1 Å². The standard InChI is InChI=1S/C17H17N3O5/c1-19(9-12-6-7-15-16(8-12)25-11-24-15)10-17(21)18-13-4-2-3-5-14(13)20(22)23/h2-8H,9-11H2,1H3,(H,18,21)/p+1. The van der Waals surface area contributed by atoms with Gasteiger partial charge in [0.2, 0.25) is 6.79 Å². The number of hydrogen-bond donors (Lipinski definition) is 2. The Bertz CT molecular complexity index is 809. The molecule has 2 N–H and O–H groups in total. The number of para-hydroxylation sites is 2. The molecule has 0 bridgehead atoms. The molecule has 0 saturated heterocycles. The van der Waals surface area contributed by atoms with E-state index in [1.807, 2.05) is 25.2 Å². The van der Waals surface area contributed by atoms with Crippen molar-refractivity contribution in [3.05, 3.63) is 58.1 Å². The van der Waals surface area contributed by atoms with Crippen molar-refractivity contribution in [3.63, 3.8) is 0 Å². The van der Waals surface area contributed by atoms with Gasteiger partial charge in [-0.3, -0.25) is 14.9 Å². The molecular formula is C17H18N3O5+. The number of amides is 1. The highest BCUT2D eigenvalue weighted by atomic mass is 16.7. The van der Waals surface area contributed by atoms with Crippen molar-refractivity contribution in [1.29, 1.82) is 0 Å². The number of benzene rings is 2. The second-order valence-electron chi connectivity index (χ2n) is 5.82. The van der Waals surface area contributed by atoms with Gasteiger partial charge in [0.25, 0.3) is 11.6 Å². The summed E-state index contributed by atoms with van der Waals surface area (Å²) in [5, 5.41) is 13.6. The van der Waals surface area contributed by atoms with E-state index in [0.717, 1.165) is 16.2 Å². The van der Waals surface area contributed by atoms with E-state index in [0.29, 0.717) is 12.3 Å². The second kappa shape index (κ2) is 7.18. The van der Waals surface area contributed by atoms with Gasteiger partial charge < -0.3 is 19.7 Å². The van der Waals surface area contributed by atoms with Crippen molar-refractivity contribution in [2.45, 2.75) is 6.54 Å². The van der Waals surface area contributed by atoms with Gasteiger partial charge in [0, 0.05) is 11.6 Å². The first-order valence-electron chi connectivity index (χ1n) is 7.76. The molecule has 0 aliphatic carbocycles. The van der Waals surface area contributed by atoms with E-state index in [-0.39, 0.29) is 30.6 Å². The van der Waals surface area contributed by atoms with Crippen LogP contribution in [0, 0.1) is 10.1 Å². The lowest BCUT2D eigenvalue weighted by molar-refractivity contribution is -0.885. The quantitative estimate of drug-likeness (QED) is 0.602. The van der Waals surface area contributed by atoms with Crippen LogP contribution in [0.4, 0.5) is 11.4 Å². The molecule has 0 radical (unpaired) electrons. The normalized spacial score (nSPS) is 13.3. The average molecular weight is 344 g/mol. The van der Waals surface area contributed by atoms with Crippen molar-refractivity contribution in [2.24, 2.45) is 0 Å². The highest BCUT2D eigenvalue weighted by Crippen LogP contribution is 2.32. The van der Waals surface area contributed by atoms with E-state index in [4.69, 9.17) is 9.47 Å². The number of carbonyl (C=O) groups excluding carboxylic acids is 1. The first-order chi connectivity index (χ1) is 12.0. The maximum Gasteiger partial charge on any atom is 0.292 e. The number of nitrogens with one attached hydrogen (secondary N) is 2. The SMILES string of the molecule is C[NH+](CC(=O)Nc1ccccc1[N+](=O)[O-])Cc1ccc2c(c1)OCO2. The number of ether oxygens (including phenoxy) is 2. The van der Waals surface area contributed by atoms with Crippen LogP contribution in [0.2, 0.25) is 0 Å². The smallest absolute Gasteiger partial charge is 0.292 e. The lowest BCUT2D eigenvalue weighted by Gasteiger charge is -2.14. The molecule has 2 aromatic rings. The molecule has 2 aromatic carbocycles. The lowest BCUT2D eigenvalue weighted by Crippen LogP contribution is -3.08. The first kappa shape index (κ1) is 16.7. The number of likely N-dealkylation sites (N-methyl/N-ethyl adjacent to an activating group) is 1. The summed E-state index contributed by atoms with van der Waals surface area (Å²) in [6.45, 7) is 1.02. The lowest BCUT2D eigenvalue weighted by atomic mass is 10.2. The van der Waals surface area contributed by atoms with Crippen molar-refractivity contribution >= 4 is 17.3 Å². The number of fused-ring (bicyclic) bond motifs is 1. The summed E-state index contributed by atoms with van der Waals surface area (Å²) in [5.74, 6) is 1.14. The van der Waals surface area contributed by atoms with Gasteiger partial charge in [-0.25, -0.2) is 0 Å². The van der Waals surface area contributed by atoms with E-state index >= 15 is 0 Å². The molecule has 1 aliphatic rings. The number of anilines is 1. The second-order valence-corrected chi connectivity index (χ2v) is 5.82. The maximum absolute atomic E-state index is 12.2. The van der Waals surface area contributed by atoms with Crippen LogP contribution in [0.3, 0.4) is 0 Å². The molecule has 1 amide bonds. The Morgan fingerprint density at radius 3 is 2.80 bits per heavy atom. The molecule has 0 aromatic heterocycles. The molecule has 0 fully saturated rings. The predicted molar refractivity (Wildman–Crippen MR) is 89.7 cm³/mol. The molecule has 1 heterocycles. The predicted octanol–water partition coefficient (Wildman–Crippen LogP) is 0.977. The van der Waals surface area contributed by atoms with Gasteiger partial charge in [-0.1, -0.05) is 12.1 Å². The topological polar surface area (TPSA) is 95.1 Å². The zero-order chi connectivity index (χ0) is 17.8. The Labute approximate surface area is 144 Å². The van der Waals surface area contributed by atoms with Gasteiger partial charge >= 0.3 is 0 Å². The maximum atomic E-state index is 12.2.